The lowest BCUT2D eigenvalue weighted by molar-refractivity contribution is 0.300. The number of nitrogens with zero attached hydrogens (tertiary/aromatic N) is 1. The van der Waals surface area contributed by atoms with Gasteiger partial charge < -0.3 is 15.3 Å². The van der Waals surface area contributed by atoms with E-state index in [0.717, 1.165) is 19.4 Å². The van der Waals surface area contributed by atoms with Crippen molar-refractivity contribution in [3.63, 3.8) is 0 Å². The van der Waals surface area contributed by atoms with Gasteiger partial charge in [0.15, 0.2) is 0 Å². The smallest absolute Gasteiger partial charge is 0.242 e. The minimum absolute atomic E-state index is 0.0132. The van der Waals surface area contributed by atoms with Gasteiger partial charge >= 0.3 is 0 Å². The molecule has 1 aromatic rings. The predicted octanol–water partition coefficient (Wildman–Crippen LogP) is 0.145. The SMILES string of the molecule is CNS(=O)(=O)c1ccccc1N(CCO)CC1CCCN1. The third-order valence-electron chi connectivity index (χ3n) is 3.74. The van der Waals surface area contributed by atoms with E-state index < -0.39 is 10.0 Å². The summed E-state index contributed by atoms with van der Waals surface area (Å²) < 4.78 is 26.7. The molecule has 118 valence electrons. The fraction of sp³-hybridized carbons (Fsp3) is 0.571. The van der Waals surface area contributed by atoms with Crippen LogP contribution in [0.15, 0.2) is 29.2 Å². The van der Waals surface area contributed by atoms with E-state index in [1.54, 1.807) is 18.2 Å². The van der Waals surface area contributed by atoms with E-state index in [2.05, 4.69) is 10.0 Å². The number of benzene rings is 1. The van der Waals surface area contributed by atoms with Crippen LogP contribution in [0.1, 0.15) is 12.8 Å². The van der Waals surface area contributed by atoms with Gasteiger partial charge in [0.2, 0.25) is 10.0 Å². The first-order valence-corrected chi connectivity index (χ1v) is 8.68. The lowest BCUT2D eigenvalue weighted by Crippen LogP contribution is -2.40. The summed E-state index contributed by atoms with van der Waals surface area (Å²) in [5, 5.41) is 12.7. The number of sulfonamides is 1. The Morgan fingerprint density at radius 1 is 1.43 bits per heavy atom. The van der Waals surface area contributed by atoms with Crippen LogP contribution in [0.4, 0.5) is 5.69 Å². The van der Waals surface area contributed by atoms with Crippen molar-refractivity contribution in [3.8, 4) is 0 Å². The summed E-state index contributed by atoms with van der Waals surface area (Å²) in [6.07, 6.45) is 2.21. The van der Waals surface area contributed by atoms with Crippen LogP contribution >= 0.6 is 0 Å². The summed E-state index contributed by atoms with van der Waals surface area (Å²) >= 11 is 0. The maximum atomic E-state index is 12.2. The molecule has 1 atom stereocenters. The van der Waals surface area contributed by atoms with Crippen LogP contribution in [-0.4, -0.2) is 52.9 Å². The third kappa shape index (κ3) is 3.94. The van der Waals surface area contributed by atoms with E-state index in [1.807, 2.05) is 11.0 Å². The van der Waals surface area contributed by atoms with Crippen molar-refractivity contribution in [2.24, 2.45) is 0 Å². The molecule has 0 spiro atoms. The summed E-state index contributed by atoms with van der Waals surface area (Å²) in [6.45, 7) is 2.08. The van der Waals surface area contributed by atoms with Gasteiger partial charge in [-0.05, 0) is 38.6 Å². The van der Waals surface area contributed by atoms with Crippen LogP contribution in [0.2, 0.25) is 0 Å². The van der Waals surface area contributed by atoms with Crippen molar-refractivity contribution in [2.45, 2.75) is 23.8 Å². The Bertz CT molecular complexity index is 556. The van der Waals surface area contributed by atoms with Crippen molar-refractivity contribution in [1.29, 1.82) is 0 Å². The Kier molecular flexibility index (Phi) is 5.58. The number of aliphatic hydroxyl groups excluding tert-OH is 1. The van der Waals surface area contributed by atoms with Gasteiger partial charge in [-0.3, -0.25) is 0 Å². The largest absolute Gasteiger partial charge is 0.395 e. The van der Waals surface area contributed by atoms with Crippen molar-refractivity contribution < 1.29 is 13.5 Å². The first kappa shape index (κ1) is 16.2. The van der Waals surface area contributed by atoms with Gasteiger partial charge in [-0.2, -0.15) is 0 Å². The van der Waals surface area contributed by atoms with Gasteiger partial charge in [0.05, 0.1) is 12.3 Å². The summed E-state index contributed by atoms with van der Waals surface area (Å²) in [6, 6.07) is 7.24. The highest BCUT2D eigenvalue weighted by molar-refractivity contribution is 7.89. The number of hydrogen-bond acceptors (Lipinski definition) is 5. The van der Waals surface area contributed by atoms with E-state index in [1.165, 1.54) is 7.05 Å². The van der Waals surface area contributed by atoms with Crippen molar-refractivity contribution >= 4 is 15.7 Å². The predicted molar refractivity (Wildman–Crippen MR) is 83.0 cm³/mol. The Balaban J connectivity index is 2.31. The van der Waals surface area contributed by atoms with Crippen molar-refractivity contribution in [2.75, 3.05) is 38.2 Å². The molecule has 1 unspecified atom stereocenters. The molecule has 1 saturated heterocycles. The molecule has 1 aliphatic heterocycles. The zero-order valence-electron chi connectivity index (χ0n) is 12.2. The highest BCUT2D eigenvalue weighted by Crippen LogP contribution is 2.25. The number of anilines is 1. The quantitative estimate of drug-likeness (QED) is 0.667. The zero-order chi connectivity index (χ0) is 15.3. The first-order chi connectivity index (χ1) is 10.1. The van der Waals surface area contributed by atoms with E-state index >= 15 is 0 Å². The Morgan fingerprint density at radius 3 is 2.81 bits per heavy atom. The summed E-state index contributed by atoms with van der Waals surface area (Å²) in [5.74, 6) is 0. The lowest BCUT2D eigenvalue weighted by atomic mass is 10.2. The molecule has 1 aromatic carbocycles. The monoisotopic (exact) mass is 313 g/mol. The van der Waals surface area contributed by atoms with Gasteiger partial charge in [-0.1, -0.05) is 12.1 Å². The highest BCUT2D eigenvalue weighted by atomic mass is 32.2. The maximum absolute atomic E-state index is 12.2. The average Bonchev–Trinajstić information content (AvgIpc) is 3.00. The molecule has 0 aromatic heterocycles. The molecule has 0 aliphatic carbocycles. The van der Waals surface area contributed by atoms with Gasteiger partial charge in [0.1, 0.15) is 4.90 Å². The van der Waals surface area contributed by atoms with Crippen LogP contribution in [0.3, 0.4) is 0 Å². The van der Waals surface area contributed by atoms with Gasteiger partial charge in [-0.15, -0.1) is 0 Å². The molecule has 6 nitrogen and oxygen atoms in total. The fourth-order valence-corrected chi connectivity index (χ4v) is 3.62. The lowest BCUT2D eigenvalue weighted by Gasteiger charge is -2.28. The van der Waals surface area contributed by atoms with Crippen molar-refractivity contribution in [3.05, 3.63) is 24.3 Å². The van der Waals surface area contributed by atoms with E-state index in [4.69, 9.17) is 0 Å². The summed E-state index contributed by atoms with van der Waals surface area (Å²) in [4.78, 5) is 2.19. The Morgan fingerprint density at radius 2 is 2.19 bits per heavy atom. The standard InChI is InChI=1S/C14H23N3O3S/c1-15-21(19,20)14-7-3-2-6-13(14)17(9-10-18)11-12-5-4-8-16-12/h2-3,6-7,12,15-16,18H,4-5,8-11H2,1H3. The molecule has 7 heteroatoms. The number of rotatable bonds is 7. The van der Waals surface area contributed by atoms with E-state index in [-0.39, 0.29) is 11.5 Å². The number of aliphatic hydroxyl groups is 1. The molecule has 21 heavy (non-hydrogen) atoms. The summed E-state index contributed by atoms with van der Waals surface area (Å²) in [5.41, 5.74) is 0.634. The highest BCUT2D eigenvalue weighted by Gasteiger charge is 2.23. The van der Waals surface area contributed by atoms with Gasteiger partial charge in [-0.25, -0.2) is 13.1 Å². The van der Waals surface area contributed by atoms with E-state index in [9.17, 15) is 13.5 Å². The number of hydrogen-bond donors (Lipinski definition) is 3. The maximum Gasteiger partial charge on any atom is 0.242 e. The van der Waals surface area contributed by atoms with Crippen LogP contribution in [0.5, 0.6) is 0 Å². The minimum Gasteiger partial charge on any atom is -0.395 e. The van der Waals surface area contributed by atoms with Crippen LogP contribution < -0.4 is 14.9 Å². The van der Waals surface area contributed by atoms with Crippen molar-refractivity contribution in [1.82, 2.24) is 10.0 Å². The second-order valence-electron chi connectivity index (χ2n) is 5.14. The molecule has 2 rings (SSSR count). The molecular weight excluding hydrogens is 290 g/mol. The average molecular weight is 313 g/mol. The van der Waals surface area contributed by atoms with Gasteiger partial charge in [0.25, 0.3) is 0 Å². The normalized spacial score (nSPS) is 18.9. The first-order valence-electron chi connectivity index (χ1n) is 7.20. The van der Waals surface area contributed by atoms with Gasteiger partial charge in [0, 0.05) is 19.1 Å². The molecule has 1 heterocycles. The van der Waals surface area contributed by atoms with Crippen LogP contribution in [-0.2, 0) is 10.0 Å². The molecule has 0 amide bonds. The third-order valence-corrected chi connectivity index (χ3v) is 5.20. The number of para-hydroxylation sites is 1. The Labute approximate surface area is 126 Å². The molecule has 3 N–H and O–H groups in total. The van der Waals surface area contributed by atoms with Crippen LogP contribution in [0, 0.1) is 0 Å². The molecule has 0 saturated carbocycles. The molecule has 1 fully saturated rings. The molecule has 1 aliphatic rings. The van der Waals surface area contributed by atoms with Crippen LogP contribution in [0.25, 0.3) is 0 Å². The topological polar surface area (TPSA) is 81.7 Å². The molecular formula is C14H23N3O3S. The zero-order valence-corrected chi connectivity index (χ0v) is 13.1. The molecule has 0 radical (unpaired) electrons. The Hall–Kier alpha value is -1.15. The van der Waals surface area contributed by atoms with E-state index in [0.29, 0.717) is 24.8 Å². The minimum atomic E-state index is -3.52. The molecule has 0 bridgehead atoms. The second kappa shape index (κ2) is 7.22. The number of nitrogens with one attached hydrogen (secondary N) is 2. The second-order valence-corrected chi connectivity index (χ2v) is 6.99. The fourth-order valence-electron chi connectivity index (χ4n) is 2.66. The summed E-state index contributed by atoms with van der Waals surface area (Å²) in [7, 11) is -2.12.